The molecule has 0 aliphatic carbocycles. The second-order valence-electron chi connectivity index (χ2n) is 6.73. The van der Waals surface area contributed by atoms with Gasteiger partial charge in [0.25, 0.3) is 0 Å². The van der Waals surface area contributed by atoms with Crippen LogP contribution in [0, 0.1) is 0 Å². The van der Waals surface area contributed by atoms with Gasteiger partial charge in [-0.2, -0.15) is 0 Å². The first-order valence-electron chi connectivity index (χ1n) is 9.19. The third kappa shape index (κ3) is 3.49. The van der Waals surface area contributed by atoms with E-state index in [1.54, 1.807) is 6.92 Å². The first kappa shape index (κ1) is 17.1. The Kier molecular flexibility index (Phi) is 4.75. The topological polar surface area (TPSA) is 44.9 Å². The van der Waals surface area contributed by atoms with E-state index in [1.165, 1.54) is 16.5 Å². The number of carbonyl (C=O) groups excluding carboxylic acids is 1. The SMILES string of the molecule is CC(=O)NCC(c1ccccc1)c1c(-c2ccccc2)[nH]c2ccccc12. The number of aromatic amines is 1. The summed E-state index contributed by atoms with van der Waals surface area (Å²) in [6, 6.07) is 29.1. The Hall–Kier alpha value is -3.33. The molecule has 4 rings (SSSR count). The van der Waals surface area contributed by atoms with Crippen LogP contribution in [0.1, 0.15) is 24.0 Å². The molecule has 2 N–H and O–H groups in total. The van der Waals surface area contributed by atoms with Gasteiger partial charge in [0.15, 0.2) is 0 Å². The number of para-hydroxylation sites is 1. The predicted molar refractivity (Wildman–Crippen MR) is 111 cm³/mol. The Morgan fingerprint density at radius 1 is 0.889 bits per heavy atom. The van der Waals surface area contributed by atoms with Crippen LogP contribution in [0.25, 0.3) is 22.2 Å². The molecule has 3 nitrogen and oxygen atoms in total. The molecule has 1 unspecified atom stereocenters. The molecule has 4 aromatic rings. The van der Waals surface area contributed by atoms with Crippen LogP contribution in [0.2, 0.25) is 0 Å². The summed E-state index contributed by atoms with van der Waals surface area (Å²) in [6.45, 7) is 2.12. The molecular formula is C24H22N2O. The van der Waals surface area contributed by atoms with Gasteiger partial charge in [0.2, 0.25) is 5.91 Å². The summed E-state index contributed by atoms with van der Waals surface area (Å²) in [7, 11) is 0. The monoisotopic (exact) mass is 354 g/mol. The van der Waals surface area contributed by atoms with Crippen molar-refractivity contribution < 1.29 is 4.79 Å². The lowest BCUT2D eigenvalue weighted by atomic mass is 9.87. The molecule has 3 aromatic carbocycles. The van der Waals surface area contributed by atoms with E-state index in [1.807, 2.05) is 30.3 Å². The van der Waals surface area contributed by atoms with E-state index < -0.39 is 0 Å². The van der Waals surface area contributed by atoms with Gasteiger partial charge in [0, 0.05) is 30.3 Å². The van der Waals surface area contributed by atoms with E-state index in [0.29, 0.717) is 6.54 Å². The lowest BCUT2D eigenvalue weighted by Crippen LogP contribution is -2.26. The molecule has 1 amide bonds. The smallest absolute Gasteiger partial charge is 0.216 e. The van der Waals surface area contributed by atoms with Crippen LogP contribution >= 0.6 is 0 Å². The van der Waals surface area contributed by atoms with Crippen LogP contribution in [-0.2, 0) is 4.79 Å². The van der Waals surface area contributed by atoms with Crippen LogP contribution in [-0.4, -0.2) is 17.4 Å². The van der Waals surface area contributed by atoms with Crippen molar-refractivity contribution in [1.82, 2.24) is 10.3 Å². The number of H-pyrrole nitrogens is 1. The lowest BCUT2D eigenvalue weighted by Gasteiger charge is -2.20. The van der Waals surface area contributed by atoms with Gasteiger partial charge in [-0.3, -0.25) is 4.79 Å². The quantitative estimate of drug-likeness (QED) is 0.514. The molecule has 1 aromatic heterocycles. The number of amides is 1. The summed E-state index contributed by atoms with van der Waals surface area (Å²) in [5.41, 5.74) is 5.77. The molecule has 0 saturated heterocycles. The Morgan fingerprint density at radius 2 is 1.52 bits per heavy atom. The first-order chi connectivity index (χ1) is 13.2. The first-order valence-corrected chi connectivity index (χ1v) is 9.19. The van der Waals surface area contributed by atoms with Crippen molar-refractivity contribution in [3.8, 4) is 11.3 Å². The molecular weight excluding hydrogens is 332 g/mol. The highest BCUT2D eigenvalue weighted by Gasteiger charge is 2.23. The van der Waals surface area contributed by atoms with Gasteiger partial charge in [0.1, 0.15) is 0 Å². The average Bonchev–Trinajstić information content (AvgIpc) is 3.09. The van der Waals surface area contributed by atoms with Crippen LogP contribution in [0.3, 0.4) is 0 Å². The number of hydrogen-bond acceptors (Lipinski definition) is 1. The van der Waals surface area contributed by atoms with Gasteiger partial charge < -0.3 is 10.3 Å². The zero-order valence-corrected chi connectivity index (χ0v) is 15.3. The maximum atomic E-state index is 11.6. The van der Waals surface area contributed by atoms with Gasteiger partial charge in [-0.1, -0.05) is 78.9 Å². The molecule has 0 aliphatic heterocycles. The molecule has 0 radical (unpaired) electrons. The summed E-state index contributed by atoms with van der Waals surface area (Å²) < 4.78 is 0. The van der Waals surface area contributed by atoms with E-state index in [-0.39, 0.29) is 11.8 Å². The number of carbonyl (C=O) groups is 1. The summed E-state index contributed by atoms with van der Waals surface area (Å²) in [4.78, 5) is 15.3. The number of aromatic nitrogens is 1. The molecule has 134 valence electrons. The highest BCUT2D eigenvalue weighted by atomic mass is 16.1. The van der Waals surface area contributed by atoms with Crippen LogP contribution in [0.5, 0.6) is 0 Å². The molecule has 0 aliphatic rings. The third-order valence-electron chi connectivity index (χ3n) is 4.91. The second kappa shape index (κ2) is 7.50. The van der Waals surface area contributed by atoms with Gasteiger partial charge in [-0.05, 0) is 22.8 Å². The molecule has 1 heterocycles. The number of nitrogens with one attached hydrogen (secondary N) is 2. The summed E-state index contributed by atoms with van der Waals surface area (Å²) in [5.74, 6) is 0.0403. The predicted octanol–water partition coefficient (Wildman–Crippen LogP) is 5.10. The fourth-order valence-electron chi connectivity index (χ4n) is 3.68. The maximum absolute atomic E-state index is 11.6. The van der Waals surface area contributed by atoms with Crippen LogP contribution < -0.4 is 5.32 Å². The van der Waals surface area contributed by atoms with Crippen LogP contribution in [0.15, 0.2) is 84.9 Å². The lowest BCUT2D eigenvalue weighted by molar-refractivity contribution is -0.118. The number of hydrogen-bond donors (Lipinski definition) is 2. The zero-order chi connectivity index (χ0) is 18.6. The van der Waals surface area contributed by atoms with E-state index >= 15 is 0 Å². The van der Waals surface area contributed by atoms with Crippen molar-refractivity contribution in [2.75, 3.05) is 6.54 Å². The minimum atomic E-state index is -0.0166. The molecule has 27 heavy (non-hydrogen) atoms. The van der Waals surface area contributed by atoms with Crippen molar-refractivity contribution in [3.05, 3.63) is 96.1 Å². The van der Waals surface area contributed by atoms with Crippen molar-refractivity contribution >= 4 is 16.8 Å². The van der Waals surface area contributed by atoms with Gasteiger partial charge in [-0.15, -0.1) is 0 Å². The summed E-state index contributed by atoms with van der Waals surface area (Å²) in [5, 5.41) is 4.21. The largest absolute Gasteiger partial charge is 0.355 e. The maximum Gasteiger partial charge on any atom is 0.216 e. The van der Waals surface area contributed by atoms with E-state index in [2.05, 4.69) is 64.9 Å². The second-order valence-corrected chi connectivity index (χ2v) is 6.73. The Labute approximate surface area is 159 Å². The Bertz CT molecular complexity index is 1050. The third-order valence-corrected chi connectivity index (χ3v) is 4.91. The molecule has 3 heteroatoms. The van der Waals surface area contributed by atoms with Gasteiger partial charge >= 0.3 is 0 Å². The van der Waals surface area contributed by atoms with E-state index in [9.17, 15) is 4.79 Å². The minimum Gasteiger partial charge on any atom is -0.355 e. The normalized spacial score (nSPS) is 12.0. The number of fused-ring (bicyclic) bond motifs is 1. The number of benzene rings is 3. The highest BCUT2D eigenvalue weighted by Crippen LogP contribution is 2.38. The fourth-order valence-corrected chi connectivity index (χ4v) is 3.68. The summed E-state index contributed by atoms with van der Waals surface area (Å²) in [6.07, 6.45) is 0. The molecule has 0 saturated carbocycles. The van der Waals surface area contributed by atoms with Gasteiger partial charge in [0.05, 0.1) is 5.69 Å². The fraction of sp³-hybridized carbons (Fsp3) is 0.125. The van der Waals surface area contributed by atoms with E-state index in [4.69, 9.17) is 0 Å². The molecule has 1 atom stereocenters. The molecule has 0 spiro atoms. The standard InChI is InChI=1S/C24H22N2O/c1-17(27)25-16-21(18-10-4-2-5-11-18)23-20-14-8-9-15-22(20)26-24(23)19-12-6-3-7-13-19/h2-15,21,26H,16H2,1H3,(H,25,27). The molecule has 0 fully saturated rings. The van der Waals surface area contributed by atoms with Gasteiger partial charge in [-0.25, -0.2) is 0 Å². The number of rotatable bonds is 5. The van der Waals surface area contributed by atoms with E-state index in [0.717, 1.165) is 16.8 Å². The Morgan fingerprint density at radius 3 is 2.22 bits per heavy atom. The van der Waals surface area contributed by atoms with Crippen LogP contribution in [0.4, 0.5) is 0 Å². The Balaban J connectivity index is 1.94. The van der Waals surface area contributed by atoms with Crippen molar-refractivity contribution in [2.24, 2.45) is 0 Å². The highest BCUT2D eigenvalue weighted by molar-refractivity contribution is 5.92. The van der Waals surface area contributed by atoms with Crippen molar-refractivity contribution in [1.29, 1.82) is 0 Å². The van der Waals surface area contributed by atoms with Crippen molar-refractivity contribution in [2.45, 2.75) is 12.8 Å². The van der Waals surface area contributed by atoms with Crippen molar-refractivity contribution in [3.63, 3.8) is 0 Å². The average molecular weight is 354 g/mol. The summed E-state index contributed by atoms with van der Waals surface area (Å²) >= 11 is 0. The zero-order valence-electron chi connectivity index (χ0n) is 15.3. The minimum absolute atomic E-state index is 0.0166. The molecule has 0 bridgehead atoms.